The van der Waals surface area contributed by atoms with E-state index >= 15 is 0 Å². The second-order valence-corrected chi connectivity index (χ2v) is 8.67. The largest absolute Gasteiger partial charge is 0.370 e. The lowest BCUT2D eigenvalue weighted by Gasteiger charge is -2.31. The first-order valence-electron chi connectivity index (χ1n) is 9.77. The van der Waals surface area contributed by atoms with Gasteiger partial charge in [-0.25, -0.2) is 0 Å². The van der Waals surface area contributed by atoms with Gasteiger partial charge in [-0.3, -0.25) is 4.79 Å². The van der Waals surface area contributed by atoms with Crippen LogP contribution < -0.4 is 5.73 Å². The van der Waals surface area contributed by atoms with Gasteiger partial charge in [0.25, 0.3) is 0 Å². The third-order valence-corrected chi connectivity index (χ3v) is 6.33. The molecule has 2 N–H and O–H groups in total. The third-order valence-electron chi connectivity index (χ3n) is 5.00. The minimum Gasteiger partial charge on any atom is -0.370 e. The molecule has 1 aliphatic heterocycles. The van der Waals surface area contributed by atoms with Gasteiger partial charge in [0.2, 0.25) is 5.91 Å². The average Bonchev–Trinajstić information content (AvgIpc) is 2.64. The van der Waals surface area contributed by atoms with Gasteiger partial charge >= 0.3 is 0 Å². The summed E-state index contributed by atoms with van der Waals surface area (Å²) in [5.74, 6) is -0.564. The molecule has 0 bridgehead atoms. The number of hydrogen-bond acceptors (Lipinski definition) is 3. The lowest BCUT2D eigenvalue weighted by Crippen LogP contribution is -2.28. The van der Waals surface area contributed by atoms with Crippen LogP contribution >= 0.6 is 11.8 Å². The Morgan fingerprint density at radius 1 is 1.27 bits per heavy atom. The molecule has 1 aliphatic rings. The number of primary amides is 1. The smallest absolute Gasteiger partial charge is 0.218 e. The van der Waals surface area contributed by atoms with Crippen LogP contribution in [0.25, 0.3) is 0 Å². The lowest BCUT2D eigenvalue weighted by molar-refractivity contribution is -0.122. The molecule has 4 heteroatoms. The number of carbonyl (C=O) groups is 2. The molecule has 3 atom stereocenters. The van der Waals surface area contributed by atoms with Crippen LogP contribution in [0.2, 0.25) is 0 Å². The van der Waals surface area contributed by atoms with Gasteiger partial charge in [-0.15, -0.1) is 11.8 Å². The van der Waals surface area contributed by atoms with Crippen molar-refractivity contribution < 1.29 is 9.59 Å². The molecule has 26 heavy (non-hydrogen) atoms. The molecule has 0 aliphatic carbocycles. The standard InChI is InChI=1S/C22H31NO2S/c1-2-3-4-8-11-20-13-18(19(16-24)15-22(23)25)14-21(26-20)12-17-9-6-5-7-10-17/h5-7,9-10,13,16,18-19,21H,2-4,8,11-12,14-15H2,1H3,(H2,23,25). The van der Waals surface area contributed by atoms with Gasteiger partial charge in [-0.05, 0) is 42.1 Å². The van der Waals surface area contributed by atoms with Gasteiger partial charge in [-0.1, -0.05) is 62.6 Å². The Balaban J connectivity index is 2.07. The molecule has 0 radical (unpaired) electrons. The van der Waals surface area contributed by atoms with E-state index in [-0.39, 0.29) is 18.3 Å². The number of aldehydes is 1. The van der Waals surface area contributed by atoms with Crippen LogP contribution in [0.4, 0.5) is 0 Å². The zero-order chi connectivity index (χ0) is 18.8. The molecule has 0 fully saturated rings. The van der Waals surface area contributed by atoms with Gasteiger partial charge in [-0.2, -0.15) is 0 Å². The van der Waals surface area contributed by atoms with Gasteiger partial charge in [0.15, 0.2) is 0 Å². The SMILES string of the molecule is CCCCCCC1=CC(C(C=O)CC(N)=O)CC(Cc2ccccc2)S1. The Kier molecular flexibility index (Phi) is 8.96. The number of nitrogens with two attached hydrogens (primary N) is 1. The van der Waals surface area contributed by atoms with Gasteiger partial charge in [0.05, 0.1) is 0 Å². The van der Waals surface area contributed by atoms with Crippen molar-refractivity contribution in [3.05, 3.63) is 46.9 Å². The maximum absolute atomic E-state index is 11.6. The number of allylic oxidation sites excluding steroid dienone is 2. The third kappa shape index (κ3) is 6.99. The molecular formula is C22H31NO2S. The second kappa shape index (κ2) is 11.2. The maximum atomic E-state index is 11.6. The highest BCUT2D eigenvalue weighted by molar-refractivity contribution is 8.03. The fourth-order valence-corrected chi connectivity index (χ4v) is 5.15. The monoisotopic (exact) mass is 373 g/mol. The zero-order valence-electron chi connectivity index (χ0n) is 15.7. The summed E-state index contributed by atoms with van der Waals surface area (Å²) in [6, 6.07) is 10.5. The highest BCUT2D eigenvalue weighted by Crippen LogP contribution is 2.41. The highest BCUT2D eigenvalue weighted by atomic mass is 32.2. The number of unbranched alkanes of at least 4 members (excludes halogenated alkanes) is 3. The normalized spacial score (nSPS) is 21.0. The quantitative estimate of drug-likeness (QED) is 0.443. The minimum atomic E-state index is -0.391. The number of hydrogen-bond donors (Lipinski definition) is 1. The molecule has 1 aromatic rings. The van der Waals surface area contributed by atoms with Crippen LogP contribution in [0.5, 0.6) is 0 Å². The summed E-state index contributed by atoms with van der Waals surface area (Å²) in [5, 5.41) is 0.448. The minimum absolute atomic E-state index is 0.121. The predicted molar refractivity (Wildman–Crippen MR) is 110 cm³/mol. The summed E-state index contributed by atoms with van der Waals surface area (Å²) in [6.45, 7) is 2.22. The van der Waals surface area contributed by atoms with E-state index in [1.54, 1.807) is 0 Å². The van der Waals surface area contributed by atoms with Crippen molar-refractivity contribution in [1.82, 2.24) is 0 Å². The van der Waals surface area contributed by atoms with E-state index < -0.39 is 5.91 Å². The molecule has 2 rings (SSSR count). The first-order chi connectivity index (χ1) is 12.6. The highest BCUT2D eigenvalue weighted by Gasteiger charge is 2.29. The number of amides is 1. The zero-order valence-corrected chi connectivity index (χ0v) is 16.5. The predicted octanol–water partition coefficient (Wildman–Crippen LogP) is 4.90. The summed E-state index contributed by atoms with van der Waals surface area (Å²) in [4.78, 5) is 24.3. The summed E-state index contributed by atoms with van der Waals surface area (Å²) >= 11 is 1.96. The summed E-state index contributed by atoms with van der Waals surface area (Å²) in [6.07, 6.45) is 11.3. The Hall–Kier alpha value is -1.55. The molecule has 1 amide bonds. The van der Waals surface area contributed by atoms with Crippen molar-refractivity contribution in [2.75, 3.05) is 0 Å². The van der Waals surface area contributed by atoms with Crippen LogP contribution in [-0.4, -0.2) is 17.4 Å². The van der Waals surface area contributed by atoms with Crippen molar-refractivity contribution >= 4 is 24.0 Å². The van der Waals surface area contributed by atoms with Gasteiger partial charge in [0, 0.05) is 17.6 Å². The molecule has 142 valence electrons. The Morgan fingerprint density at radius 2 is 2.04 bits per heavy atom. The van der Waals surface area contributed by atoms with Crippen LogP contribution in [-0.2, 0) is 16.0 Å². The molecule has 0 spiro atoms. The van der Waals surface area contributed by atoms with Crippen LogP contribution in [0.15, 0.2) is 41.3 Å². The van der Waals surface area contributed by atoms with E-state index in [9.17, 15) is 9.59 Å². The van der Waals surface area contributed by atoms with Crippen molar-refractivity contribution in [2.45, 2.75) is 63.5 Å². The fourth-order valence-electron chi connectivity index (χ4n) is 3.61. The van der Waals surface area contributed by atoms with Crippen LogP contribution in [0, 0.1) is 11.8 Å². The first-order valence-corrected chi connectivity index (χ1v) is 10.6. The van der Waals surface area contributed by atoms with Crippen molar-refractivity contribution in [3.8, 4) is 0 Å². The number of thioether (sulfide) groups is 1. The number of carbonyl (C=O) groups excluding carboxylic acids is 2. The topological polar surface area (TPSA) is 60.2 Å². The first kappa shape index (κ1) is 20.8. The molecule has 0 saturated heterocycles. The Morgan fingerprint density at radius 3 is 2.69 bits per heavy atom. The van der Waals surface area contributed by atoms with E-state index in [1.165, 1.54) is 36.2 Å². The number of rotatable bonds is 11. The van der Waals surface area contributed by atoms with Crippen LogP contribution in [0.1, 0.15) is 57.4 Å². The van der Waals surface area contributed by atoms with Gasteiger partial charge in [0.1, 0.15) is 6.29 Å². The molecule has 1 aromatic carbocycles. The van der Waals surface area contributed by atoms with E-state index in [0.29, 0.717) is 5.25 Å². The van der Waals surface area contributed by atoms with E-state index in [2.05, 4.69) is 37.3 Å². The van der Waals surface area contributed by atoms with Gasteiger partial charge < -0.3 is 10.5 Å². The lowest BCUT2D eigenvalue weighted by atomic mass is 9.84. The molecule has 3 nitrogen and oxygen atoms in total. The van der Waals surface area contributed by atoms with Crippen LogP contribution in [0.3, 0.4) is 0 Å². The molecule has 0 saturated carbocycles. The summed E-state index contributed by atoms with van der Waals surface area (Å²) < 4.78 is 0. The number of benzene rings is 1. The molecule has 0 aromatic heterocycles. The second-order valence-electron chi connectivity index (χ2n) is 7.24. The summed E-state index contributed by atoms with van der Waals surface area (Å²) in [5.41, 5.74) is 6.69. The fraction of sp³-hybridized carbons (Fsp3) is 0.545. The molecular weight excluding hydrogens is 342 g/mol. The summed E-state index contributed by atoms with van der Waals surface area (Å²) in [7, 11) is 0. The van der Waals surface area contributed by atoms with E-state index in [0.717, 1.165) is 25.5 Å². The average molecular weight is 374 g/mol. The maximum Gasteiger partial charge on any atom is 0.218 e. The van der Waals surface area contributed by atoms with E-state index in [4.69, 9.17) is 5.73 Å². The van der Waals surface area contributed by atoms with Crippen molar-refractivity contribution in [3.63, 3.8) is 0 Å². The molecule has 1 heterocycles. The van der Waals surface area contributed by atoms with E-state index in [1.807, 2.05) is 17.8 Å². The van der Waals surface area contributed by atoms with Crippen molar-refractivity contribution in [1.29, 1.82) is 0 Å². The Labute approximate surface area is 161 Å². The van der Waals surface area contributed by atoms with Crippen molar-refractivity contribution in [2.24, 2.45) is 17.6 Å². The molecule has 3 unspecified atom stereocenters. The Bertz CT molecular complexity index is 599.